The highest BCUT2D eigenvalue weighted by Gasteiger charge is 2.29. The first-order valence-electron chi connectivity index (χ1n) is 24.3. The summed E-state index contributed by atoms with van der Waals surface area (Å²) in [5.41, 5.74) is 4.21. The molecule has 63 heavy (non-hydrogen) atoms. The summed E-state index contributed by atoms with van der Waals surface area (Å²) in [7, 11) is 2.12. The molecular formula is C56H87NO6. The molecule has 8 rings (SSSR count). The first-order chi connectivity index (χ1) is 30.3. The highest BCUT2D eigenvalue weighted by atomic mass is 16.5. The molecule has 7 nitrogen and oxygen atoms in total. The van der Waals surface area contributed by atoms with E-state index in [2.05, 4.69) is 91.6 Å². The number of carbonyl (C=O) groups excluding carboxylic acids is 1. The van der Waals surface area contributed by atoms with Crippen molar-refractivity contribution in [2.75, 3.05) is 18.5 Å². The minimum absolute atomic E-state index is 0.0393. The lowest BCUT2D eigenvalue weighted by Gasteiger charge is -2.35. The number of para-hydroxylation sites is 5. The van der Waals surface area contributed by atoms with Crippen molar-refractivity contribution in [1.29, 1.82) is 0 Å². The van der Waals surface area contributed by atoms with Crippen LogP contribution in [0.25, 0.3) is 0 Å². The average molecular weight is 870 g/mol. The van der Waals surface area contributed by atoms with Gasteiger partial charge in [0.15, 0.2) is 5.78 Å². The topological polar surface area (TPSA) is 77.5 Å². The van der Waals surface area contributed by atoms with Crippen LogP contribution in [0, 0.1) is 23.7 Å². The number of ketones is 1. The number of fused-ring (bicyclic) bond motifs is 4. The van der Waals surface area contributed by atoms with Crippen LogP contribution in [0.3, 0.4) is 0 Å². The maximum Gasteiger partial charge on any atom is 0.170 e. The maximum atomic E-state index is 11.7. The van der Waals surface area contributed by atoms with Crippen LogP contribution in [0.1, 0.15) is 158 Å². The minimum atomic E-state index is -0.368. The van der Waals surface area contributed by atoms with Crippen LogP contribution in [0.2, 0.25) is 0 Å². The smallest absolute Gasteiger partial charge is 0.170 e. The van der Waals surface area contributed by atoms with Crippen molar-refractivity contribution in [3.05, 3.63) is 114 Å². The Bertz CT molecular complexity index is 1750. The maximum absolute atomic E-state index is 11.7. The number of benzene rings is 4. The Morgan fingerprint density at radius 3 is 1.56 bits per heavy atom. The fourth-order valence-electron chi connectivity index (χ4n) is 7.10. The van der Waals surface area contributed by atoms with Crippen molar-refractivity contribution in [2.45, 2.75) is 167 Å². The standard InChI is InChI=1S/C12H17NO.C12H16O2.C12H14O2.C12H16O.4C2H6/c1-9(2)12-8-13(3)10-6-4-5-7-11(10)14-12;2*1-8(2)12-7-10(13)9-5-3-4-6-11(9)14-12;1-9(2)11-8-7-10-5-3-4-6-12(10)13-11;4*1-2/h4-7,9,12H,8H2,1-3H3;3-6,8,10,12-13H,7H2,1-2H3;3-6,8,12H,7H2,1-2H3;3-6,9,11H,7-8H2,1-2H3;4*1-2H3. The number of Topliss-reactive ketones (excluding diaryl/α,β-unsaturated/α-hetero) is 1. The predicted octanol–water partition coefficient (Wildman–Crippen LogP) is 14.9. The molecule has 4 aromatic rings. The molecule has 0 bridgehead atoms. The van der Waals surface area contributed by atoms with Crippen LogP contribution in [-0.2, 0) is 6.42 Å². The van der Waals surface area contributed by atoms with Crippen LogP contribution in [-0.4, -0.2) is 48.9 Å². The second kappa shape index (κ2) is 30.6. The molecular weight excluding hydrogens is 783 g/mol. The number of carbonyl (C=O) groups is 1. The summed E-state index contributed by atoms with van der Waals surface area (Å²) in [6, 6.07) is 31.8. The number of aliphatic hydroxyl groups excluding tert-OH is 1. The number of hydrogen-bond donors (Lipinski definition) is 1. The lowest BCUT2D eigenvalue weighted by Crippen LogP contribution is -2.40. The molecule has 7 heteroatoms. The van der Waals surface area contributed by atoms with E-state index in [1.807, 2.05) is 128 Å². The van der Waals surface area contributed by atoms with E-state index in [-0.39, 0.29) is 24.1 Å². The quantitative estimate of drug-likeness (QED) is 0.219. The summed E-state index contributed by atoms with van der Waals surface area (Å²) in [6.45, 7) is 34.2. The van der Waals surface area contributed by atoms with Gasteiger partial charge in [-0.3, -0.25) is 4.79 Å². The molecule has 5 atom stereocenters. The van der Waals surface area contributed by atoms with Crippen molar-refractivity contribution in [2.24, 2.45) is 23.7 Å². The highest BCUT2D eigenvalue weighted by molar-refractivity contribution is 5.99. The van der Waals surface area contributed by atoms with E-state index in [4.69, 9.17) is 18.9 Å². The van der Waals surface area contributed by atoms with Gasteiger partial charge in [-0.2, -0.15) is 0 Å². The second-order valence-electron chi connectivity index (χ2n) is 16.5. The summed E-state index contributed by atoms with van der Waals surface area (Å²) in [5, 5.41) is 9.90. The molecule has 352 valence electrons. The van der Waals surface area contributed by atoms with E-state index in [0.29, 0.717) is 48.7 Å². The molecule has 0 spiro atoms. The predicted molar refractivity (Wildman–Crippen MR) is 268 cm³/mol. The largest absolute Gasteiger partial charge is 0.490 e. The van der Waals surface area contributed by atoms with Crippen LogP contribution in [0.15, 0.2) is 97.1 Å². The number of ether oxygens (including phenoxy) is 4. The summed E-state index contributed by atoms with van der Waals surface area (Å²) < 4.78 is 23.4. The molecule has 0 saturated carbocycles. The molecule has 4 heterocycles. The minimum Gasteiger partial charge on any atom is -0.490 e. The number of anilines is 1. The van der Waals surface area contributed by atoms with Crippen LogP contribution >= 0.6 is 0 Å². The first-order valence-corrected chi connectivity index (χ1v) is 24.3. The molecule has 0 aliphatic carbocycles. The Morgan fingerprint density at radius 1 is 0.524 bits per heavy atom. The molecule has 0 amide bonds. The molecule has 0 radical (unpaired) electrons. The zero-order valence-electron chi connectivity index (χ0n) is 42.4. The molecule has 0 fully saturated rings. The Balaban J connectivity index is 0.000000398. The molecule has 4 aromatic carbocycles. The van der Waals surface area contributed by atoms with E-state index in [1.54, 1.807) is 0 Å². The summed E-state index contributed by atoms with van der Waals surface area (Å²) >= 11 is 0. The van der Waals surface area contributed by atoms with Crippen molar-refractivity contribution in [1.82, 2.24) is 0 Å². The summed E-state index contributed by atoms with van der Waals surface area (Å²) in [4.78, 5) is 14.0. The fraction of sp³-hybridized carbons (Fsp3) is 0.554. The number of aliphatic hydroxyl groups is 1. The Hall–Kier alpha value is -4.49. The van der Waals surface area contributed by atoms with Gasteiger partial charge in [-0.25, -0.2) is 0 Å². The number of nitrogens with zero attached hydrogens (tertiary/aromatic N) is 1. The number of aryl methyl sites for hydroxylation is 1. The molecule has 5 unspecified atom stereocenters. The molecule has 1 N–H and O–H groups in total. The van der Waals surface area contributed by atoms with Gasteiger partial charge in [0.2, 0.25) is 0 Å². The number of likely N-dealkylation sites (N-methyl/N-ethyl adjacent to an activating group) is 1. The van der Waals surface area contributed by atoms with Crippen molar-refractivity contribution in [3.8, 4) is 23.0 Å². The van der Waals surface area contributed by atoms with Gasteiger partial charge in [0.25, 0.3) is 0 Å². The van der Waals surface area contributed by atoms with E-state index in [9.17, 15) is 9.90 Å². The van der Waals surface area contributed by atoms with Crippen LogP contribution in [0.4, 0.5) is 5.69 Å². The molecule has 4 aliphatic heterocycles. The van der Waals surface area contributed by atoms with Gasteiger partial charge in [0.1, 0.15) is 47.4 Å². The fourth-order valence-corrected chi connectivity index (χ4v) is 7.10. The van der Waals surface area contributed by atoms with Gasteiger partial charge < -0.3 is 29.0 Å². The lowest BCUT2D eigenvalue weighted by atomic mass is 9.93. The third-order valence-corrected chi connectivity index (χ3v) is 10.8. The molecule has 0 aromatic heterocycles. The van der Waals surface area contributed by atoms with E-state index in [0.717, 1.165) is 47.1 Å². The normalized spacial score (nSPS) is 19.6. The Morgan fingerprint density at radius 2 is 0.968 bits per heavy atom. The van der Waals surface area contributed by atoms with Gasteiger partial charge in [-0.1, -0.05) is 171 Å². The van der Waals surface area contributed by atoms with Gasteiger partial charge in [0, 0.05) is 25.5 Å². The van der Waals surface area contributed by atoms with E-state index in [1.165, 1.54) is 17.7 Å². The van der Waals surface area contributed by atoms with Gasteiger partial charge in [-0.05, 0) is 78.5 Å². The third kappa shape index (κ3) is 17.5. The second-order valence-corrected chi connectivity index (χ2v) is 16.5. The van der Waals surface area contributed by atoms with Gasteiger partial charge in [0.05, 0.1) is 23.9 Å². The zero-order chi connectivity index (χ0) is 47.6. The Labute approximate surface area is 384 Å². The van der Waals surface area contributed by atoms with Crippen LogP contribution in [0.5, 0.6) is 23.0 Å². The lowest BCUT2D eigenvalue weighted by molar-refractivity contribution is 0.0427. The van der Waals surface area contributed by atoms with Crippen LogP contribution < -0.4 is 23.8 Å². The van der Waals surface area contributed by atoms with Crippen molar-refractivity contribution in [3.63, 3.8) is 0 Å². The summed E-state index contributed by atoms with van der Waals surface area (Å²) in [5.74, 6) is 5.88. The molecule has 4 aliphatic rings. The van der Waals surface area contributed by atoms with Gasteiger partial charge >= 0.3 is 0 Å². The number of rotatable bonds is 4. The van der Waals surface area contributed by atoms with Crippen molar-refractivity contribution >= 4 is 11.5 Å². The average Bonchev–Trinajstić information content (AvgIpc) is 3.32. The van der Waals surface area contributed by atoms with E-state index < -0.39 is 0 Å². The summed E-state index contributed by atoms with van der Waals surface area (Å²) in [6.07, 6.45) is 4.08. The number of hydrogen-bond acceptors (Lipinski definition) is 7. The van der Waals surface area contributed by atoms with E-state index >= 15 is 0 Å². The van der Waals surface area contributed by atoms with Gasteiger partial charge in [-0.15, -0.1) is 0 Å². The SMILES string of the molecule is CC.CC.CC.CC.CC(C)C1CC(=O)c2ccccc2O1.CC(C)C1CC(O)c2ccccc2O1.CC(C)C1CCc2ccccc2O1.CC(C)C1CN(C)c2ccccc2O1. The molecule has 0 saturated heterocycles. The third-order valence-electron chi connectivity index (χ3n) is 10.8. The monoisotopic (exact) mass is 870 g/mol. The highest BCUT2D eigenvalue weighted by Crippen LogP contribution is 2.37. The zero-order valence-corrected chi connectivity index (χ0v) is 42.4. The van der Waals surface area contributed by atoms with Crippen molar-refractivity contribution < 1.29 is 28.8 Å². The Kier molecular flexibility index (Phi) is 27.4. The first kappa shape index (κ1) is 56.5.